The maximum Gasteiger partial charge on any atom is 0.358 e. The second-order valence-corrected chi connectivity index (χ2v) is 6.03. The van der Waals surface area contributed by atoms with Gasteiger partial charge in [-0.25, -0.2) is 9.78 Å². The maximum absolute atomic E-state index is 12.0. The predicted octanol–water partition coefficient (Wildman–Crippen LogP) is 2.82. The van der Waals surface area contributed by atoms with Crippen LogP contribution in [0.2, 0.25) is 0 Å². The number of hydrogen-bond donors (Lipinski definition) is 1. The van der Waals surface area contributed by atoms with Crippen molar-refractivity contribution in [1.82, 2.24) is 15.1 Å². The van der Waals surface area contributed by atoms with Crippen molar-refractivity contribution < 1.29 is 18.8 Å². The molecule has 0 radical (unpaired) electrons. The number of carbonyl (C=O) groups excluding carboxylic acids is 2. The number of thiazole rings is 1. The highest BCUT2D eigenvalue weighted by Gasteiger charge is 2.15. The van der Waals surface area contributed by atoms with Crippen molar-refractivity contribution >= 4 is 28.3 Å². The van der Waals surface area contributed by atoms with E-state index in [9.17, 15) is 9.59 Å². The summed E-state index contributed by atoms with van der Waals surface area (Å²) in [7, 11) is 0. The molecule has 3 aromatic rings. The van der Waals surface area contributed by atoms with E-state index < -0.39 is 5.97 Å². The van der Waals surface area contributed by atoms with Crippen molar-refractivity contribution in [2.24, 2.45) is 0 Å². The quantitative estimate of drug-likeness (QED) is 0.699. The second-order valence-electron chi connectivity index (χ2n) is 5.17. The minimum atomic E-state index is -0.636. The highest BCUT2D eigenvalue weighted by molar-refractivity contribution is 7.14. The first-order chi connectivity index (χ1) is 12.0. The number of nitrogens with one attached hydrogen (secondary N) is 1. The fourth-order valence-corrected chi connectivity index (χ4v) is 2.64. The number of amides is 1. The monoisotopic (exact) mass is 358 g/mol. The number of anilines is 1. The normalized spacial score (nSPS) is 10.5. The minimum Gasteiger partial charge on any atom is -0.451 e. The molecule has 128 valence electrons. The summed E-state index contributed by atoms with van der Waals surface area (Å²) in [6.07, 6.45) is 0. The molecule has 1 N–H and O–H groups in total. The van der Waals surface area contributed by atoms with Gasteiger partial charge < -0.3 is 14.6 Å². The first kappa shape index (κ1) is 16.8. The molecular formula is C16H14N4O4S. The molecule has 0 saturated heterocycles. The van der Waals surface area contributed by atoms with E-state index in [4.69, 9.17) is 9.26 Å². The molecule has 0 unspecified atom stereocenters. The van der Waals surface area contributed by atoms with Crippen LogP contribution in [0, 0.1) is 6.92 Å². The number of carbonyl (C=O) groups is 2. The molecule has 0 aliphatic carbocycles. The van der Waals surface area contributed by atoms with E-state index in [0.717, 1.165) is 22.5 Å². The van der Waals surface area contributed by atoms with Crippen LogP contribution in [-0.2, 0) is 16.1 Å². The van der Waals surface area contributed by atoms with Gasteiger partial charge in [-0.2, -0.15) is 4.98 Å². The molecule has 1 amide bonds. The van der Waals surface area contributed by atoms with Gasteiger partial charge in [-0.3, -0.25) is 4.79 Å². The zero-order valence-corrected chi connectivity index (χ0v) is 14.3. The van der Waals surface area contributed by atoms with Crippen molar-refractivity contribution in [2.45, 2.75) is 20.5 Å². The molecule has 0 spiro atoms. The van der Waals surface area contributed by atoms with Crippen molar-refractivity contribution in [1.29, 1.82) is 0 Å². The lowest BCUT2D eigenvalue weighted by atomic mass is 10.1. The van der Waals surface area contributed by atoms with E-state index >= 15 is 0 Å². The molecule has 0 saturated carbocycles. The zero-order chi connectivity index (χ0) is 17.8. The average Bonchev–Trinajstić information content (AvgIpc) is 3.22. The first-order valence-electron chi connectivity index (χ1n) is 7.31. The van der Waals surface area contributed by atoms with Crippen LogP contribution in [0.4, 0.5) is 5.13 Å². The van der Waals surface area contributed by atoms with Crippen molar-refractivity contribution in [2.75, 3.05) is 5.32 Å². The molecule has 25 heavy (non-hydrogen) atoms. The molecule has 0 aliphatic rings. The lowest BCUT2D eigenvalue weighted by molar-refractivity contribution is -0.114. The molecule has 9 heteroatoms. The number of aryl methyl sites for hydroxylation is 1. The highest BCUT2D eigenvalue weighted by Crippen LogP contribution is 2.18. The Kier molecular flexibility index (Phi) is 4.85. The lowest BCUT2D eigenvalue weighted by Crippen LogP contribution is -2.08. The van der Waals surface area contributed by atoms with Gasteiger partial charge in [0.05, 0.1) is 0 Å². The zero-order valence-electron chi connectivity index (χ0n) is 13.5. The molecule has 8 nitrogen and oxygen atoms in total. The Bertz CT molecular complexity index is 901. The van der Waals surface area contributed by atoms with Crippen LogP contribution in [0.3, 0.4) is 0 Å². The Balaban J connectivity index is 1.60. The molecule has 0 fully saturated rings. The van der Waals surface area contributed by atoms with Gasteiger partial charge in [0.15, 0.2) is 17.4 Å². The van der Waals surface area contributed by atoms with E-state index in [0.29, 0.717) is 11.0 Å². The van der Waals surface area contributed by atoms with E-state index in [1.165, 1.54) is 12.3 Å². The number of aromatic nitrogens is 3. The number of esters is 1. The van der Waals surface area contributed by atoms with Crippen LogP contribution in [0.15, 0.2) is 34.2 Å². The second kappa shape index (κ2) is 7.22. The number of benzene rings is 1. The van der Waals surface area contributed by atoms with Gasteiger partial charge in [-0.1, -0.05) is 35.0 Å². The Hall–Kier alpha value is -3.07. The summed E-state index contributed by atoms with van der Waals surface area (Å²) in [6.45, 7) is 3.19. The van der Waals surface area contributed by atoms with Gasteiger partial charge >= 0.3 is 5.97 Å². The topological polar surface area (TPSA) is 107 Å². The molecule has 2 heterocycles. The summed E-state index contributed by atoms with van der Waals surface area (Å²) in [5.74, 6) is -0.291. The Morgan fingerprint density at radius 3 is 2.72 bits per heavy atom. The fraction of sp³-hybridized carbons (Fsp3) is 0.188. The van der Waals surface area contributed by atoms with Crippen LogP contribution in [0.25, 0.3) is 11.4 Å². The highest BCUT2D eigenvalue weighted by atomic mass is 32.1. The molecule has 1 aromatic carbocycles. The largest absolute Gasteiger partial charge is 0.451 e. The number of ether oxygens (including phenoxy) is 1. The SMILES string of the molecule is CC(=O)Nc1nc(C(=O)OCc2nc(-c3ccc(C)cc3)no2)cs1. The van der Waals surface area contributed by atoms with Gasteiger partial charge in [0, 0.05) is 17.9 Å². The van der Waals surface area contributed by atoms with Crippen LogP contribution < -0.4 is 5.32 Å². The van der Waals surface area contributed by atoms with E-state index in [2.05, 4.69) is 20.4 Å². The van der Waals surface area contributed by atoms with E-state index in [1.807, 2.05) is 31.2 Å². The predicted molar refractivity (Wildman–Crippen MR) is 90.0 cm³/mol. The van der Waals surface area contributed by atoms with Gasteiger partial charge in [-0.15, -0.1) is 11.3 Å². The van der Waals surface area contributed by atoms with Gasteiger partial charge in [0.25, 0.3) is 5.89 Å². The smallest absolute Gasteiger partial charge is 0.358 e. The number of nitrogens with zero attached hydrogens (tertiary/aromatic N) is 3. The van der Waals surface area contributed by atoms with Crippen molar-refractivity contribution in [3.8, 4) is 11.4 Å². The third-order valence-corrected chi connectivity index (χ3v) is 3.86. The van der Waals surface area contributed by atoms with E-state index in [-0.39, 0.29) is 24.1 Å². The Morgan fingerprint density at radius 2 is 2.00 bits per heavy atom. The average molecular weight is 358 g/mol. The summed E-state index contributed by atoms with van der Waals surface area (Å²) < 4.78 is 10.2. The molecular weight excluding hydrogens is 344 g/mol. The maximum atomic E-state index is 12.0. The summed E-state index contributed by atoms with van der Waals surface area (Å²) >= 11 is 1.14. The Morgan fingerprint density at radius 1 is 1.24 bits per heavy atom. The van der Waals surface area contributed by atoms with Crippen LogP contribution in [-0.4, -0.2) is 27.0 Å². The van der Waals surface area contributed by atoms with Crippen molar-refractivity contribution in [3.63, 3.8) is 0 Å². The van der Waals surface area contributed by atoms with E-state index in [1.54, 1.807) is 0 Å². The summed E-state index contributed by atoms with van der Waals surface area (Å²) in [6, 6.07) is 7.66. The molecule has 0 aliphatic heterocycles. The van der Waals surface area contributed by atoms with Gasteiger partial charge in [0.2, 0.25) is 11.7 Å². The van der Waals surface area contributed by atoms with Crippen LogP contribution in [0.1, 0.15) is 28.9 Å². The first-order valence-corrected chi connectivity index (χ1v) is 8.19. The minimum absolute atomic E-state index is 0.104. The standard InChI is InChI=1S/C16H14N4O4S/c1-9-3-5-11(6-4-9)14-19-13(24-20-14)7-23-15(22)12-8-25-16(18-12)17-10(2)21/h3-6,8H,7H2,1-2H3,(H,17,18,21). The summed E-state index contributed by atoms with van der Waals surface area (Å²) in [5, 5.41) is 8.20. The summed E-state index contributed by atoms with van der Waals surface area (Å²) in [4.78, 5) is 31.1. The summed E-state index contributed by atoms with van der Waals surface area (Å²) in [5.41, 5.74) is 2.04. The molecule has 0 atom stereocenters. The Labute approximate surface area is 146 Å². The number of hydrogen-bond acceptors (Lipinski definition) is 8. The van der Waals surface area contributed by atoms with Crippen LogP contribution >= 0.6 is 11.3 Å². The third-order valence-electron chi connectivity index (χ3n) is 3.10. The van der Waals surface area contributed by atoms with Gasteiger partial charge in [0.1, 0.15) is 0 Å². The molecule has 2 aromatic heterocycles. The lowest BCUT2D eigenvalue weighted by Gasteiger charge is -1.98. The number of rotatable bonds is 5. The van der Waals surface area contributed by atoms with Crippen LogP contribution in [0.5, 0.6) is 0 Å². The van der Waals surface area contributed by atoms with Gasteiger partial charge in [-0.05, 0) is 6.92 Å². The molecule has 0 bridgehead atoms. The third kappa shape index (κ3) is 4.27. The molecule has 3 rings (SSSR count). The fourth-order valence-electron chi connectivity index (χ4n) is 1.91. The van der Waals surface area contributed by atoms with Crippen molar-refractivity contribution in [3.05, 3.63) is 46.8 Å².